The van der Waals surface area contributed by atoms with Gasteiger partial charge in [0.1, 0.15) is 0 Å². The van der Waals surface area contributed by atoms with Crippen molar-refractivity contribution in [3.05, 3.63) is 40.1 Å². The molecule has 0 aliphatic carbocycles. The fourth-order valence-corrected chi connectivity index (χ4v) is 2.26. The molecule has 0 saturated heterocycles. The first-order valence-electron chi connectivity index (χ1n) is 5.51. The molecule has 2 aromatic rings. The molecule has 0 spiro atoms. The van der Waals surface area contributed by atoms with Crippen LogP contribution in [0.2, 0.25) is 0 Å². The summed E-state index contributed by atoms with van der Waals surface area (Å²) < 4.78 is 0. The van der Waals surface area contributed by atoms with Crippen LogP contribution in [-0.2, 0) is 6.54 Å². The normalized spacial score (nSPS) is 10.1. The van der Waals surface area contributed by atoms with Crippen molar-refractivity contribution in [2.75, 3.05) is 12.4 Å². The molecule has 0 bridgehead atoms. The number of thiazole rings is 1. The van der Waals surface area contributed by atoms with Crippen LogP contribution in [0, 0.1) is 6.92 Å². The Morgan fingerprint density at radius 1 is 1.50 bits per heavy atom. The molecule has 0 fully saturated rings. The van der Waals surface area contributed by atoms with E-state index in [1.807, 2.05) is 6.92 Å². The van der Waals surface area contributed by atoms with Gasteiger partial charge >= 0.3 is 0 Å². The van der Waals surface area contributed by atoms with E-state index in [1.54, 1.807) is 31.0 Å². The zero-order valence-corrected chi connectivity index (χ0v) is 11.0. The average molecular weight is 262 g/mol. The second kappa shape index (κ2) is 5.59. The lowest BCUT2D eigenvalue weighted by Crippen LogP contribution is -2.23. The Bertz CT molecular complexity index is 553. The Morgan fingerprint density at radius 2 is 2.33 bits per heavy atom. The molecular weight excluding hydrogens is 248 g/mol. The number of carbonyl (C=O) groups excluding carboxylic acids is 1. The quantitative estimate of drug-likeness (QED) is 0.882. The molecule has 2 N–H and O–H groups in total. The van der Waals surface area contributed by atoms with Crippen LogP contribution in [0.3, 0.4) is 0 Å². The topological polar surface area (TPSA) is 66.9 Å². The second-order valence-corrected chi connectivity index (χ2v) is 4.65. The lowest BCUT2D eigenvalue weighted by molar-refractivity contribution is 0.0951. The lowest BCUT2D eigenvalue weighted by Gasteiger charge is -2.08. The molecule has 0 atom stereocenters. The first-order chi connectivity index (χ1) is 8.72. The maximum absolute atomic E-state index is 12.0. The summed E-state index contributed by atoms with van der Waals surface area (Å²) >= 11 is 1.54. The first-order valence-corrected chi connectivity index (χ1v) is 6.39. The number of hydrogen-bond donors (Lipinski definition) is 2. The van der Waals surface area contributed by atoms with Crippen molar-refractivity contribution in [1.29, 1.82) is 0 Å². The van der Waals surface area contributed by atoms with Gasteiger partial charge in [-0.1, -0.05) is 0 Å². The number of aromatic nitrogens is 2. The summed E-state index contributed by atoms with van der Waals surface area (Å²) in [6.07, 6.45) is 3.21. The predicted molar refractivity (Wildman–Crippen MR) is 71.8 cm³/mol. The highest BCUT2D eigenvalue weighted by Crippen LogP contribution is 2.14. The summed E-state index contributed by atoms with van der Waals surface area (Å²) in [5.74, 6) is -0.139. The van der Waals surface area contributed by atoms with Crippen LogP contribution >= 0.6 is 11.3 Å². The summed E-state index contributed by atoms with van der Waals surface area (Å²) in [6.45, 7) is 2.43. The molecule has 2 aromatic heterocycles. The number of nitrogens with one attached hydrogen (secondary N) is 2. The number of nitrogens with zero attached hydrogens (tertiary/aromatic N) is 2. The Kier molecular flexibility index (Phi) is 3.88. The summed E-state index contributed by atoms with van der Waals surface area (Å²) in [5.41, 5.74) is 4.05. The molecule has 1 amide bonds. The van der Waals surface area contributed by atoms with Crippen LogP contribution in [0.25, 0.3) is 0 Å². The fourth-order valence-electron chi connectivity index (χ4n) is 1.55. The number of aryl methyl sites for hydroxylation is 1. The molecule has 0 radical (unpaired) electrons. The van der Waals surface area contributed by atoms with Gasteiger partial charge in [0, 0.05) is 30.0 Å². The number of rotatable bonds is 4. The van der Waals surface area contributed by atoms with Gasteiger partial charge in [-0.05, 0) is 13.0 Å². The van der Waals surface area contributed by atoms with E-state index in [0.29, 0.717) is 12.1 Å². The van der Waals surface area contributed by atoms with E-state index in [2.05, 4.69) is 20.6 Å². The van der Waals surface area contributed by atoms with Crippen molar-refractivity contribution in [2.45, 2.75) is 13.5 Å². The van der Waals surface area contributed by atoms with Crippen LogP contribution in [0.4, 0.5) is 5.69 Å². The van der Waals surface area contributed by atoms with Gasteiger partial charge in [-0.25, -0.2) is 4.98 Å². The predicted octanol–water partition coefficient (Wildman–Crippen LogP) is 1.82. The summed E-state index contributed by atoms with van der Waals surface area (Å²) in [4.78, 5) is 21.2. The van der Waals surface area contributed by atoms with Crippen molar-refractivity contribution in [3.63, 3.8) is 0 Å². The van der Waals surface area contributed by atoms with E-state index in [-0.39, 0.29) is 5.91 Å². The minimum absolute atomic E-state index is 0.139. The number of amides is 1. The molecule has 2 heterocycles. The van der Waals surface area contributed by atoms with Gasteiger partial charge in [0.2, 0.25) is 0 Å². The summed E-state index contributed by atoms with van der Waals surface area (Å²) in [5, 5.41) is 5.84. The Labute approximate surface area is 109 Å². The number of anilines is 1. The van der Waals surface area contributed by atoms with Gasteiger partial charge in [-0.15, -0.1) is 11.3 Å². The van der Waals surface area contributed by atoms with Gasteiger partial charge < -0.3 is 10.6 Å². The van der Waals surface area contributed by atoms with Crippen LogP contribution in [0.1, 0.15) is 20.9 Å². The average Bonchev–Trinajstić information content (AvgIpc) is 2.81. The third-order valence-corrected chi connectivity index (χ3v) is 3.52. The Balaban J connectivity index is 2.06. The van der Waals surface area contributed by atoms with Gasteiger partial charge in [0.05, 0.1) is 23.3 Å². The molecule has 5 nitrogen and oxygen atoms in total. The maximum Gasteiger partial charge on any atom is 0.255 e. The third-order valence-electron chi connectivity index (χ3n) is 2.59. The van der Waals surface area contributed by atoms with E-state index in [9.17, 15) is 4.79 Å². The Hall–Kier alpha value is -1.95. The fraction of sp³-hybridized carbons (Fsp3) is 0.250. The van der Waals surface area contributed by atoms with Gasteiger partial charge in [-0.3, -0.25) is 9.78 Å². The van der Waals surface area contributed by atoms with E-state index in [1.165, 1.54) is 11.3 Å². The van der Waals surface area contributed by atoms with E-state index in [0.717, 1.165) is 16.3 Å². The van der Waals surface area contributed by atoms with Crippen molar-refractivity contribution < 1.29 is 4.79 Å². The first kappa shape index (κ1) is 12.5. The van der Waals surface area contributed by atoms with Crippen molar-refractivity contribution in [2.24, 2.45) is 0 Å². The van der Waals surface area contributed by atoms with E-state index < -0.39 is 0 Å². The summed E-state index contributed by atoms with van der Waals surface area (Å²) in [6, 6.07) is 1.77. The molecule has 0 aliphatic rings. The smallest absolute Gasteiger partial charge is 0.255 e. The highest BCUT2D eigenvalue weighted by molar-refractivity contribution is 7.09. The maximum atomic E-state index is 12.0. The Morgan fingerprint density at radius 3 is 3.00 bits per heavy atom. The standard InChI is InChI=1S/C12H14N4OS/c1-8-11(18-7-16-8)6-15-12(17)9-5-14-4-3-10(9)13-2/h3-5,7H,6H2,1-2H3,(H,13,14)(H,15,17). The molecular formula is C12H14N4OS. The van der Waals surface area contributed by atoms with Gasteiger partial charge in [0.25, 0.3) is 5.91 Å². The molecule has 18 heavy (non-hydrogen) atoms. The minimum Gasteiger partial charge on any atom is -0.387 e. The highest BCUT2D eigenvalue weighted by atomic mass is 32.1. The lowest BCUT2D eigenvalue weighted by atomic mass is 10.2. The van der Waals surface area contributed by atoms with Crippen LogP contribution in [0.5, 0.6) is 0 Å². The van der Waals surface area contributed by atoms with Crippen molar-refractivity contribution in [3.8, 4) is 0 Å². The molecule has 0 unspecified atom stereocenters. The number of carbonyl (C=O) groups is 1. The monoisotopic (exact) mass is 262 g/mol. The van der Waals surface area contributed by atoms with Gasteiger partial charge in [0.15, 0.2) is 0 Å². The van der Waals surface area contributed by atoms with Crippen LogP contribution in [-0.4, -0.2) is 22.9 Å². The highest BCUT2D eigenvalue weighted by Gasteiger charge is 2.11. The molecule has 94 valence electrons. The molecule has 2 rings (SSSR count). The molecule has 0 saturated carbocycles. The zero-order valence-electron chi connectivity index (χ0n) is 10.2. The molecule has 0 aliphatic heterocycles. The van der Waals surface area contributed by atoms with E-state index >= 15 is 0 Å². The van der Waals surface area contributed by atoms with E-state index in [4.69, 9.17) is 0 Å². The molecule has 6 heteroatoms. The van der Waals surface area contributed by atoms with Gasteiger partial charge in [-0.2, -0.15) is 0 Å². The van der Waals surface area contributed by atoms with Crippen molar-refractivity contribution in [1.82, 2.24) is 15.3 Å². The number of hydrogen-bond acceptors (Lipinski definition) is 5. The van der Waals surface area contributed by atoms with Crippen LogP contribution < -0.4 is 10.6 Å². The zero-order chi connectivity index (χ0) is 13.0. The minimum atomic E-state index is -0.139. The largest absolute Gasteiger partial charge is 0.387 e. The van der Waals surface area contributed by atoms with Crippen LogP contribution in [0.15, 0.2) is 24.0 Å². The summed E-state index contributed by atoms with van der Waals surface area (Å²) in [7, 11) is 1.78. The number of pyridine rings is 1. The SMILES string of the molecule is CNc1ccncc1C(=O)NCc1scnc1C. The molecule has 0 aromatic carbocycles. The second-order valence-electron chi connectivity index (χ2n) is 3.71. The van der Waals surface area contributed by atoms with Crippen molar-refractivity contribution >= 4 is 22.9 Å². The third kappa shape index (κ3) is 2.65.